The Balaban J connectivity index is 1.83. The van der Waals surface area contributed by atoms with Gasteiger partial charge in [-0.05, 0) is 25.1 Å². The van der Waals surface area contributed by atoms with Gasteiger partial charge in [0.05, 0.1) is 22.2 Å². The van der Waals surface area contributed by atoms with E-state index in [0.29, 0.717) is 22.2 Å². The van der Waals surface area contributed by atoms with Crippen LogP contribution in [0.2, 0.25) is 5.02 Å². The van der Waals surface area contributed by atoms with Gasteiger partial charge in [0.1, 0.15) is 5.02 Å². The first kappa shape index (κ1) is 17.5. The van der Waals surface area contributed by atoms with Gasteiger partial charge in [-0.1, -0.05) is 35.9 Å². The molecule has 3 rings (SSSR count). The van der Waals surface area contributed by atoms with Crippen molar-refractivity contribution in [1.82, 2.24) is 10.4 Å². The van der Waals surface area contributed by atoms with Crippen LogP contribution in [0.4, 0.5) is 5.69 Å². The average Bonchev–Trinajstić information content (AvgIpc) is 2.62. The lowest BCUT2D eigenvalue weighted by Gasteiger charge is -2.06. The molecule has 0 aliphatic heterocycles. The van der Waals surface area contributed by atoms with Gasteiger partial charge in [0.15, 0.2) is 0 Å². The Hall–Kier alpha value is -3.32. The molecule has 0 spiro atoms. The molecule has 0 aliphatic carbocycles. The van der Waals surface area contributed by atoms with Gasteiger partial charge in [0, 0.05) is 22.7 Å². The number of benzene rings is 2. The smallest absolute Gasteiger partial charge is 0.267 e. The first-order valence-electron chi connectivity index (χ1n) is 7.59. The highest BCUT2D eigenvalue weighted by Gasteiger charge is 2.13. The van der Waals surface area contributed by atoms with E-state index in [2.05, 4.69) is 15.5 Å². The molecule has 0 fully saturated rings. The van der Waals surface area contributed by atoms with E-state index in [1.807, 2.05) is 24.3 Å². The first-order chi connectivity index (χ1) is 12.5. The van der Waals surface area contributed by atoms with Gasteiger partial charge < -0.3 is 0 Å². The lowest BCUT2D eigenvalue weighted by atomic mass is 10.1. The SMILES string of the molecule is Cc1cc(C(=O)N/N=C/c2ccc(Cl)c([N+](=O)[O-])c2)c2ccccc2n1. The predicted molar refractivity (Wildman–Crippen MR) is 99.6 cm³/mol. The first-order valence-corrected chi connectivity index (χ1v) is 7.97. The highest BCUT2D eigenvalue weighted by Crippen LogP contribution is 2.24. The number of carbonyl (C=O) groups excluding carboxylic acids is 1. The van der Waals surface area contributed by atoms with Crippen LogP contribution in [0.25, 0.3) is 10.9 Å². The van der Waals surface area contributed by atoms with Crippen molar-refractivity contribution in [2.24, 2.45) is 5.10 Å². The molecule has 1 aromatic heterocycles. The maximum Gasteiger partial charge on any atom is 0.288 e. The summed E-state index contributed by atoms with van der Waals surface area (Å²) in [6, 6.07) is 13.2. The maximum absolute atomic E-state index is 12.4. The van der Waals surface area contributed by atoms with E-state index in [1.54, 1.807) is 19.1 Å². The number of nitro benzene ring substituents is 1. The van der Waals surface area contributed by atoms with Gasteiger partial charge in [0.2, 0.25) is 0 Å². The maximum atomic E-state index is 12.4. The Kier molecular flexibility index (Phi) is 4.90. The minimum Gasteiger partial charge on any atom is -0.267 e. The van der Waals surface area contributed by atoms with Gasteiger partial charge in [-0.15, -0.1) is 0 Å². The number of pyridine rings is 1. The number of para-hydroxylation sites is 1. The summed E-state index contributed by atoms with van der Waals surface area (Å²) in [6.07, 6.45) is 1.32. The molecule has 3 aromatic rings. The Labute approximate surface area is 153 Å². The zero-order valence-electron chi connectivity index (χ0n) is 13.6. The number of rotatable bonds is 4. The molecule has 1 amide bonds. The molecular weight excluding hydrogens is 356 g/mol. The summed E-state index contributed by atoms with van der Waals surface area (Å²) in [4.78, 5) is 27.2. The monoisotopic (exact) mass is 368 g/mol. The number of hydrazone groups is 1. The lowest BCUT2D eigenvalue weighted by Crippen LogP contribution is -2.18. The predicted octanol–water partition coefficient (Wildman–Crippen LogP) is 3.87. The van der Waals surface area contributed by atoms with E-state index < -0.39 is 10.8 Å². The van der Waals surface area contributed by atoms with Crippen molar-refractivity contribution in [3.63, 3.8) is 0 Å². The van der Waals surface area contributed by atoms with Crippen LogP contribution in [0.5, 0.6) is 0 Å². The van der Waals surface area contributed by atoms with Crippen LogP contribution < -0.4 is 5.43 Å². The zero-order chi connectivity index (χ0) is 18.7. The summed E-state index contributed by atoms with van der Waals surface area (Å²) in [7, 11) is 0. The molecule has 7 nitrogen and oxygen atoms in total. The molecule has 0 bridgehead atoms. The van der Waals surface area contributed by atoms with E-state index in [0.717, 1.165) is 5.52 Å². The molecule has 1 heterocycles. The van der Waals surface area contributed by atoms with Crippen LogP contribution in [0.1, 0.15) is 21.6 Å². The Bertz CT molecular complexity index is 1050. The number of nitro groups is 1. The van der Waals surface area contributed by atoms with Gasteiger partial charge in [-0.2, -0.15) is 5.10 Å². The molecule has 2 aromatic carbocycles. The van der Waals surface area contributed by atoms with E-state index in [-0.39, 0.29) is 10.7 Å². The largest absolute Gasteiger partial charge is 0.288 e. The topological polar surface area (TPSA) is 97.5 Å². The number of hydrogen-bond acceptors (Lipinski definition) is 5. The second kappa shape index (κ2) is 7.28. The second-order valence-corrected chi connectivity index (χ2v) is 5.90. The van der Waals surface area contributed by atoms with Crippen molar-refractivity contribution >= 4 is 40.3 Å². The molecule has 26 heavy (non-hydrogen) atoms. The van der Waals surface area contributed by atoms with Crippen LogP contribution in [-0.4, -0.2) is 22.0 Å². The third kappa shape index (κ3) is 3.68. The number of aromatic nitrogens is 1. The third-order valence-electron chi connectivity index (χ3n) is 3.64. The Morgan fingerprint density at radius 2 is 2.04 bits per heavy atom. The fourth-order valence-corrected chi connectivity index (χ4v) is 2.66. The number of carbonyl (C=O) groups is 1. The molecule has 0 aliphatic rings. The normalized spacial score (nSPS) is 11.0. The number of nitrogens with zero attached hydrogens (tertiary/aromatic N) is 3. The third-order valence-corrected chi connectivity index (χ3v) is 3.96. The summed E-state index contributed by atoms with van der Waals surface area (Å²) in [5, 5.41) is 15.5. The van der Waals surface area contributed by atoms with Crippen LogP contribution in [0.3, 0.4) is 0 Å². The lowest BCUT2D eigenvalue weighted by molar-refractivity contribution is -0.384. The van der Waals surface area contributed by atoms with Crippen LogP contribution >= 0.6 is 11.6 Å². The molecule has 0 radical (unpaired) electrons. The molecule has 0 saturated heterocycles. The van der Waals surface area contributed by atoms with Crippen LogP contribution in [0.15, 0.2) is 53.6 Å². The fraction of sp³-hybridized carbons (Fsp3) is 0.0556. The van der Waals surface area contributed by atoms with Gasteiger partial charge >= 0.3 is 0 Å². The average molecular weight is 369 g/mol. The number of hydrogen-bond donors (Lipinski definition) is 1. The molecule has 0 unspecified atom stereocenters. The number of aryl methyl sites for hydroxylation is 1. The summed E-state index contributed by atoms with van der Waals surface area (Å²) in [5.74, 6) is -0.397. The van der Waals surface area contributed by atoms with Crippen LogP contribution in [0, 0.1) is 17.0 Å². The van der Waals surface area contributed by atoms with Crippen LogP contribution in [-0.2, 0) is 0 Å². The highest BCUT2D eigenvalue weighted by molar-refractivity contribution is 6.32. The number of halogens is 1. The van der Waals surface area contributed by atoms with Crippen molar-refractivity contribution in [3.8, 4) is 0 Å². The summed E-state index contributed by atoms with van der Waals surface area (Å²) in [6.45, 7) is 1.80. The van der Waals surface area contributed by atoms with Gasteiger partial charge in [-0.25, -0.2) is 5.43 Å². The summed E-state index contributed by atoms with van der Waals surface area (Å²) >= 11 is 5.76. The fourth-order valence-electron chi connectivity index (χ4n) is 2.47. The molecule has 0 atom stereocenters. The number of nitrogens with one attached hydrogen (secondary N) is 1. The molecule has 1 N–H and O–H groups in total. The van der Waals surface area contributed by atoms with Crippen molar-refractivity contribution in [3.05, 3.63) is 80.5 Å². The van der Waals surface area contributed by atoms with E-state index in [9.17, 15) is 14.9 Å². The van der Waals surface area contributed by atoms with Gasteiger partial charge in [-0.3, -0.25) is 19.9 Å². The van der Waals surface area contributed by atoms with Crippen molar-refractivity contribution in [2.45, 2.75) is 6.92 Å². The van der Waals surface area contributed by atoms with Crippen molar-refractivity contribution in [2.75, 3.05) is 0 Å². The van der Waals surface area contributed by atoms with E-state index in [4.69, 9.17) is 11.6 Å². The minimum absolute atomic E-state index is 0.0370. The molecule has 130 valence electrons. The second-order valence-electron chi connectivity index (χ2n) is 5.50. The molecular formula is C18H13ClN4O3. The molecule has 8 heteroatoms. The van der Waals surface area contributed by atoms with Crippen molar-refractivity contribution < 1.29 is 9.72 Å². The standard InChI is InChI=1S/C18H13ClN4O3/c1-11-8-14(13-4-2-3-5-16(13)21-11)18(24)22-20-10-12-6-7-15(19)17(9-12)23(25)26/h2-10H,1H3,(H,22,24)/b20-10+. The quantitative estimate of drug-likeness (QED) is 0.429. The zero-order valence-corrected chi connectivity index (χ0v) is 14.4. The van der Waals surface area contributed by atoms with Crippen molar-refractivity contribution in [1.29, 1.82) is 0 Å². The summed E-state index contributed by atoms with van der Waals surface area (Å²) in [5.41, 5.74) is 4.53. The Morgan fingerprint density at radius 3 is 2.81 bits per heavy atom. The Morgan fingerprint density at radius 1 is 1.27 bits per heavy atom. The molecule has 0 saturated carbocycles. The van der Waals surface area contributed by atoms with Gasteiger partial charge in [0.25, 0.3) is 11.6 Å². The number of fused-ring (bicyclic) bond motifs is 1. The number of amides is 1. The summed E-state index contributed by atoms with van der Waals surface area (Å²) < 4.78 is 0. The minimum atomic E-state index is -0.579. The highest BCUT2D eigenvalue weighted by atomic mass is 35.5. The van der Waals surface area contributed by atoms with E-state index in [1.165, 1.54) is 18.3 Å². The van der Waals surface area contributed by atoms with E-state index >= 15 is 0 Å².